The van der Waals surface area contributed by atoms with E-state index in [1.807, 2.05) is 42.5 Å². The second-order valence-corrected chi connectivity index (χ2v) is 5.08. The Hall–Kier alpha value is -2.26. The second kappa shape index (κ2) is 6.46. The molecule has 0 amide bonds. The molecule has 1 N–H and O–H groups in total. The van der Waals surface area contributed by atoms with Crippen molar-refractivity contribution < 1.29 is 9.84 Å². The molecular formula is C18H19NO2. The van der Waals surface area contributed by atoms with Crippen molar-refractivity contribution in [2.45, 2.75) is 19.6 Å². The lowest BCUT2D eigenvalue weighted by Gasteiger charge is -2.08. The number of aromatic nitrogens is 1. The molecule has 3 rings (SSSR count). The van der Waals surface area contributed by atoms with Gasteiger partial charge in [-0.1, -0.05) is 24.3 Å². The summed E-state index contributed by atoms with van der Waals surface area (Å²) in [6, 6.07) is 18.1. The molecule has 0 bridgehead atoms. The molecule has 0 fully saturated rings. The maximum absolute atomic E-state index is 9.16. The van der Waals surface area contributed by atoms with Crippen LogP contribution in [0.15, 0.2) is 60.8 Å². The number of ether oxygens (including phenoxy) is 1. The quantitative estimate of drug-likeness (QED) is 0.700. The summed E-state index contributed by atoms with van der Waals surface area (Å²) in [7, 11) is 0. The summed E-state index contributed by atoms with van der Waals surface area (Å²) in [5, 5.41) is 10.3. The molecule has 0 saturated heterocycles. The molecule has 21 heavy (non-hydrogen) atoms. The number of fused-ring (bicyclic) bond motifs is 1. The Balaban J connectivity index is 1.58. The predicted molar refractivity (Wildman–Crippen MR) is 84.4 cm³/mol. The van der Waals surface area contributed by atoms with Crippen LogP contribution < -0.4 is 4.74 Å². The molecule has 0 spiro atoms. The third kappa shape index (κ3) is 3.26. The topological polar surface area (TPSA) is 34.4 Å². The fourth-order valence-corrected chi connectivity index (χ4v) is 2.48. The Morgan fingerprint density at radius 1 is 1.00 bits per heavy atom. The smallest absolute Gasteiger partial charge is 0.119 e. The van der Waals surface area contributed by atoms with Crippen LogP contribution in [0.4, 0.5) is 0 Å². The SMILES string of the molecule is OCc1ccc2c(ccn2CCCOc2ccccc2)c1. The minimum absolute atomic E-state index is 0.0893. The lowest BCUT2D eigenvalue weighted by molar-refractivity contribution is 0.282. The molecule has 2 aromatic carbocycles. The van der Waals surface area contributed by atoms with E-state index in [-0.39, 0.29) is 6.61 Å². The summed E-state index contributed by atoms with van der Waals surface area (Å²) in [5.74, 6) is 0.919. The highest BCUT2D eigenvalue weighted by Gasteiger charge is 2.02. The maximum atomic E-state index is 9.16. The summed E-state index contributed by atoms with van der Waals surface area (Å²) in [4.78, 5) is 0. The fraction of sp³-hybridized carbons (Fsp3) is 0.222. The van der Waals surface area contributed by atoms with Gasteiger partial charge in [-0.15, -0.1) is 0 Å². The summed E-state index contributed by atoms with van der Waals surface area (Å²) >= 11 is 0. The Morgan fingerprint density at radius 3 is 2.67 bits per heavy atom. The zero-order valence-corrected chi connectivity index (χ0v) is 11.9. The van der Waals surface area contributed by atoms with Crippen molar-refractivity contribution in [2.75, 3.05) is 6.61 Å². The molecule has 0 radical (unpaired) electrons. The average molecular weight is 281 g/mol. The Morgan fingerprint density at radius 2 is 1.86 bits per heavy atom. The van der Waals surface area contributed by atoms with Crippen molar-refractivity contribution in [1.29, 1.82) is 0 Å². The maximum Gasteiger partial charge on any atom is 0.119 e. The first-order valence-corrected chi connectivity index (χ1v) is 7.23. The lowest BCUT2D eigenvalue weighted by atomic mass is 10.2. The monoisotopic (exact) mass is 281 g/mol. The van der Waals surface area contributed by atoms with Gasteiger partial charge in [-0.2, -0.15) is 0 Å². The first-order chi connectivity index (χ1) is 10.4. The molecule has 3 heteroatoms. The summed E-state index contributed by atoms with van der Waals surface area (Å²) in [6.07, 6.45) is 3.05. The van der Waals surface area contributed by atoms with E-state index in [9.17, 15) is 0 Å². The van der Waals surface area contributed by atoms with Crippen LogP contribution in [0.2, 0.25) is 0 Å². The van der Waals surface area contributed by atoms with Crippen molar-refractivity contribution in [3.05, 3.63) is 66.4 Å². The highest BCUT2D eigenvalue weighted by molar-refractivity contribution is 5.80. The first kappa shape index (κ1) is 13.7. The molecule has 108 valence electrons. The van der Waals surface area contributed by atoms with E-state index in [0.29, 0.717) is 6.61 Å². The Kier molecular flexibility index (Phi) is 4.22. The molecule has 0 aliphatic rings. The van der Waals surface area contributed by atoms with Gasteiger partial charge in [0.25, 0.3) is 0 Å². The van der Waals surface area contributed by atoms with Crippen molar-refractivity contribution in [2.24, 2.45) is 0 Å². The van der Waals surface area contributed by atoms with Gasteiger partial charge in [-0.25, -0.2) is 0 Å². The van der Waals surface area contributed by atoms with Gasteiger partial charge in [-0.05, 0) is 47.7 Å². The van der Waals surface area contributed by atoms with Crippen molar-refractivity contribution >= 4 is 10.9 Å². The van der Waals surface area contributed by atoms with E-state index in [1.165, 1.54) is 10.9 Å². The molecular weight excluding hydrogens is 262 g/mol. The third-order valence-corrected chi connectivity index (χ3v) is 3.57. The van der Waals surface area contributed by atoms with Crippen LogP contribution >= 0.6 is 0 Å². The van der Waals surface area contributed by atoms with Crippen LogP contribution in [0.25, 0.3) is 10.9 Å². The zero-order chi connectivity index (χ0) is 14.5. The van der Waals surface area contributed by atoms with E-state index in [1.54, 1.807) is 0 Å². The number of aliphatic hydroxyl groups excluding tert-OH is 1. The molecule has 0 aliphatic carbocycles. The van der Waals surface area contributed by atoms with E-state index < -0.39 is 0 Å². The normalized spacial score (nSPS) is 10.9. The van der Waals surface area contributed by atoms with Crippen LogP contribution in [-0.2, 0) is 13.2 Å². The molecule has 3 aromatic rings. The third-order valence-electron chi connectivity index (χ3n) is 3.57. The zero-order valence-electron chi connectivity index (χ0n) is 11.9. The number of hydrogen-bond acceptors (Lipinski definition) is 2. The van der Waals surface area contributed by atoms with Crippen LogP contribution in [0, 0.1) is 0 Å². The van der Waals surface area contributed by atoms with Gasteiger partial charge < -0.3 is 14.4 Å². The average Bonchev–Trinajstić information content (AvgIpc) is 2.95. The fourth-order valence-electron chi connectivity index (χ4n) is 2.48. The molecule has 3 nitrogen and oxygen atoms in total. The highest BCUT2D eigenvalue weighted by Crippen LogP contribution is 2.18. The van der Waals surface area contributed by atoms with Gasteiger partial charge >= 0.3 is 0 Å². The number of nitrogens with zero attached hydrogens (tertiary/aromatic N) is 1. The van der Waals surface area contributed by atoms with Gasteiger partial charge in [-0.3, -0.25) is 0 Å². The van der Waals surface area contributed by atoms with Crippen molar-refractivity contribution in [3.63, 3.8) is 0 Å². The van der Waals surface area contributed by atoms with E-state index >= 15 is 0 Å². The van der Waals surface area contributed by atoms with Gasteiger partial charge in [0.15, 0.2) is 0 Å². The molecule has 0 aliphatic heterocycles. The van der Waals surface area contributed by atoms with Crippen LogP contribution in [0.1, 0.15) is 12.0 Å². The van der Waals surface area contributed by atoms with E-state index in [4.69, 9.17) is 9.84 Å². The highest BCUT2D eigenvalue weighted by atomic mass is 16.5. The van der Waals surface area contributed by atoms with Crippen molar-refractivity contribution in [3.8, 4) is 5.75 Å². The minimum Gasteiger partial charge on any atom is -0.494 e. The standard InChI is InChI=1S/C18H19NO2/c20-14-15-7-8-18-16(13-15)9-11-19(18)10-4-12-21-17-5-2-1-3-6-17/h1-3,5-9,11,13,20H,4,10,12,14H2. The molecule has 0 unspecified atom stereocenters. The predicted octanol–water partition coefficient (Wildman–Crippen LogP) is 3.60. The summed E-state index contributed by atoms with van der Waals surface area (Å²) < 4.78 is 7.93. The number of aryl methyl sites for hydroxylation is 1. The van der Waals surface area contributed by atoms with Crippen LogP contribution in [0.3, 0.4) is 0 Å². The minimum atomic E-state index is 0.0893. The first-order valence-electron chi connectivity index (χ1n) is 7.23. The van der Waals surface area contributed by atoms with Crippen LogP contribution in [-0.4, -0.2) is 16.3 Å². The van der Waals surface area contributed by atoms with Gasteiger partial charge in [0.05, 0.1) is 13.2 Å². The van der Waals surface area contributed by atoms with Gasteiger partial charge in [0.1, 0.15) is 5.75 Å². The van der Waals surface area contributed by atoms with Crippen molar-refractivity contribution in [1.82, 2.24) is 4.57 Å². The Bertz CT molecular complexity index is 704. The number of hydrogen-bond donors (Lipinski definition) is 1. The number of rotatable bonds is 6. The Labute approximate surface area is 124 Å². The second-order valence-electron chi connectivity index (χ2n) is 5.08. The molecule has 0 atom stereocenters. The number of para-hydroxylation sites is 1. The largest absolute Gasteiger partial charge is 0.494 e. The molecule has 0 saturated carbocycles. The van der Waals surface area contributed by atoms with Gasteiger partial charge in [0.2, 0.25) is 0 Å². The lowest BCUT2D eigenvalue weighted by Crippen LogP contribution is -2.03. The number of benzene rings is 2. The van der Waals surface area contributed by atoms with Crippen LogP contribution in [0.5, 0.6) is 5.75 Å². The van der Waals surface area contributed by atoms with E-state index in [0.717, 1.165) is 24.3 Å². The summed E-state index contributed by atoms with van der Waals surface area (Å²) in [6.45, 7) is 1.72. The molecule has 1 heterocycles. The summed E-state index contributed by atoms with van der Waals surface area (Å²) in [5.41, 5.74) is 2.15. The molecule has 1 aromatic heterocycles. The number of aliphatic hydroxyl groups is 1. The van der Waals surface area contributed by atoms with E-state index in [2.05, 4.69) is 22.9 Å². The van der Waals surface area contributed by atoms with Gasteiger partial charge in [0, 0.05) is 18.3 Å².